The van der Waals surface area contributed by atoms with Gasteiger partial charge in [0.05, 0.1) is 19.7 Å². The third-order valence-electron chi connectivity index (χ3n) is 4.87. The van der Waals surface area contributed by atoms with Gasteiger partial charge in [0.15, 0.2) is 0 Å². The lowest BCUT2D eigenvalue weighted by atomic mass is 9.88. The number of halogens is 2. The van der Waals surface area contributed by atoms with E-state index in [4.69, 9.17) is 9.47 Å². The van der Waals surface area contributed by atoms with Gasteiger partial charge < -0.3 is 25.2 Å². The molecule has 26 heavy (non-hydrogen) atoms. The molecule has 8 heteroatoms. The first-order valence-corrected chi connectivity index (χ1v) is 8.71. The van der Waals surface area contributed by atoms with Gasteiger partial charge >= 0.3 is 5.97 Å². The largest absolute Gasteiger partial charge is 0.497 e. The molecule has 2 fully saturated rings. The van der Waals surface area contributed by atoms with Gasteiger partial charge in [0.2, 0.25) is 0 Å². The summed E-state index contributed by atoms with van der Waals surface area (Å²) in [5.41, 5.74) is 1.02. The molecule has 0 spiro atoms. The maximum absolute atomic E-state index is 12.8. The topological polar surface area (TPSA) is 79.8 Å². The number of alkyl halides is 2. The molecule has 6 nitrogen and oxygen atoms in total. The van der Waals surface area contributed by atoms with E-state index in [0.717, 1.165) is 11.3 Å². The number of ether oxygens (including phenoxy) is 2. The predicted octanol–water partition coefficient (Wildman–Crippen LogP) is 0.869. The van der Waals surface area contributed by atoms with Crippen molar-refractivity contribution in [2.45, 2.75) is 49.5 Å². The van der Waals surface area contributed by atoms with Gasteiger partial charge in [-0.2, -0.15) is 0 Å². The Kier molecular flexibility index (Phi) is 5.74. The molecule has 0 bridgehead atoms. The first-order valence-electron chi connectivity index (χ1n) is 8.71. The molecule has 1 saturated heterocycles. The van der Waals surface area contributed by atoms with Crippen LogP contribution >= 0.6 is 0 Å². The number of hydrogen-bond donors (Lipinski definition) is 3. The molecule has 1 aliphatic carbocycles. The quantitative estimate of drug-likeness (QED) is 0.618. The molecule has 1 saturated carbocycles. The Labute approximate surface area is 150 Å². The van der Waals surface area contributed by atoms with E-state index >= 15 is 0 Å². The average molecular weight is 370 g/mol. The summed E-state index contributed by atoms with van der Waals surface area (Å²) in [6, 6.07) is 6.96. The normalized spacial score (nSPS) is 27.8. The summed E-state index contributed by atoms with van der Waals surface area (Å²) in [6.07, 6.45) is -1.40. The Morgan fingerprint density at radius 3 is 2.65 bits per heavy atom. The molecule has 0 aromatic heterocycles. The summed E-state index contributed by atoms with van der Waals surface area (Å²) in [7, 11) is 1.60. The summed E-state index contributed by atoms with van der Waals surface area (Å²) in [5.74, 6) is -2.42. The lowest BCUT2D eigenvalue weighted by Crippen LogP contribution is -2.50. The van der Waals surface area contributed by atoms with Gasteiger partial charge in [-0.3, -0.25) is 4.79 Å². The number of esters is 1. The molecule has 1 aromatic carbocycles. The zero-order valence-electron chi connectivity index (χ0n) is 14.6. The molecule has 0 unspecified atom stereocenters. The van der Waals surface area contributed by atoms with E-state index < -0.39 is 24.1 Å². The lowest BCUT2D eigenvalue weighted by Gasteiger charge is -2.35. The smallest absolute Gasteiger partial charge is 0.320 e. The molecule has 0 amide bonds. The van der Waals surface area contributed by atoms with E-state index in [1.807, 2.05) is 24.3 Å². The summed E-state index contributed by atoms with van der Waals surface area (Å²) < 4.78 is 36.1. The van der Waals surface area contributed by atoms with Gasteiger partial charge in [-0.05, 0) is 24.1 Å². The molecule has 0 radical (unpaired) electrons. The fourth-order valence-electron chi connectivity index (χ4n) is 3.36. The first-order chi connectivity index (χ1) is 12.4. The molecular weight excluding hydrogens is 346 g/mol. The number of aliphatic hydroxyl groups excluding tert-OH is 1. The van der Waals surface area contributed by atoms with Crippen LogP contribution in [0.3, 0.4) is 0 Å². The third kappa shape index (κ3) is 4.69. The SMILES string of the molecule is COc1ccc(C[C@H]2NC[C@H](O)[C@H]2OC(=O)CNC2CC(F)(F)C2)cc1. The van der Waals surface area contributed by atoms with Crippen LogP contribution in [0.4, 0.5) is 8.78 Å². The minimum Gasteiger partial charge on any atom is -0.497 e. The number of methoxy groups -OCH3 is 1. The standard InChI is InChI=1S/C18H24F2N2O4/c1-25-13-4-2-11(3-5-13)6-14-17(15(23)9-22-14)26-16(24)10-21-12-7-18(19,20)8-12/h2-5,12,14-15,17,21-23H,6-10H2,1H3/t14-,15+,17+/m1/s1. The highest BCUT2D eigenvalue weighted by molar-refractivity contribution is 5.72. The van der Waals surface area contributed by atoms with E-state index in [1.54, 1.807) is 7.11 Å². The van der Waals surface area contributed by atoms with Crippen molar-refractivity contribution in [3.8, 4) is 5.75 Å². The number of hydrogen-bond acceptors (Lipinski definition) is 6. The second-order valence-corrected chi connectivity index (χ2v) is 6.93. The summed E-state index contributed by atoms with van der Waals surface area (Å²) in [6.45, 7) is 0.195. The van der Waals surface area contributed by atoms with Crippen LogP contribution < -0.4 is 15.4 Å². The zero-order chi connectivity index (χ0) is 18.7. The third-order valence-corrected chi connectivity index (χ3v) is 4.87. The molecule has 1 heterocycles. The van der Waals surface area contributed by atoms with Gasteiger partial charge in [0.1, 0.15) is 18.0 Å². The van der Waals surface area contributed by atoms with Crippen molar-refractivity contribution < 1.29 is 28.2 Å². The number of nitrogens with one attached hydrogen (secondary N) is 2. The van der Waals surface area contributed by atoms with Crippen molar-refractivity contribution in [2.24, 2.45) is 0 Å². The van der Waals surface area contributed by atoms with E-state index in [0.29, 0.717) is 13.0 Å². The monoisotopic (exact) mass is 370 g/mol. The van der Waals surface area contributed by atoms with Gasteiger partial charge in [0.25, 0.3) is 5.92 Å². The number of β-amino-alcohol motifs (C(OH)–C–C–N with tert-alkyl or cyclic N) is 1. The molecule has 144 valence electrons. The van der Waals surface area contributed by atoms with Crippen LogP contribution in [0.1, 0.15) is 18.4 Å². The maximum Gasteiger partial charge on any atom is 0.320 e. The van der Waals surface area contributed by atoms with E-state index in [9.17, 15) is 18.7 Å². The van der Waals surface area contributed by atoms with Gasteiger partial charge in [-0.15, -0.1) is 0 Å². The molecule has 1 aromatic rings. The van der Waals surface area contributed by atoms with Crippen molar-refractivity contribution in [2.75, 3.05) is 20.2 Å². The van der Waals surface area contributed by atoms with Crippen LogP contribution in [0.15, 0.2) is 24.3 Å². The van der Waals surface area contributed by atoms with Crippen molar-refractivity contribution in [1.82, 2.24) is 10.6 Å². The van der Waals surface area contributed by atoms with Crippen LogP contribution in [0.2, 0.25) is 0 Å². The number of benzene rings is 1. The van der Waals surface area contributed by atoms with Crippen LogP contribution in [0, 0.1) is 0 Å². The minimum atomic E-state index is -2.63. The maximum atomic E-state index is 12.8. The Balaban J connectivity index is 1.49. The molecule has 2 aliphatic rings. The van der Waals surface area contributed by atoms with Crippen molar-refractivity contribution >= 4 is 5.97 Å². The van der Waals surface area contributed by atoms with Crippen LogP contribution in [0.25, 0.3) is 0 Å². The second-order valence-electron chi connectivity index (χ2n) is 6.93. The van der Waals surface area contributed by atoms with Crippen LogP contribution in [-0.2, 0) is 16.0 Å². The fourth-order valence-corrected chi connectivity index (χ4v) is 3.36. The van der Waals surface area contributed by atoms with Crippen molar-refractivity contribution in [1.29, 1.82) is 0 Å². The first kappa shape index (κ1) is 19.0. The summed E-state index contributed by atoms with van der Waals surface area (Å²) in [4.78, 5) is 12.0. The number of carbonyl (C=O) groups is 1. The molecule has 1 aliphatic heterocycles. The number of aliphatic hydroxyl groups is 1. The van der Waals surface area contributed by atoms with E-state index in [1.165, 1.54) is 0 Å². The Bertz CT molecular complexity index is 618. The highest BCUT2D eigenvalue weighted by atomic mass is 19.3. The average Bonchev–Trinajstić information content (AvgIpc) is 2.92. The zero-order valence-corrected chi connectivity index (χ0v) is 14.6. The Morgan fingerprint density at radius 1 is 1.35 bits per heavy atom. The highest BCUT2D eigenvalue weighted by Crippen LogP contribution is 2.37. The molecule has 3 N–H and O–H groups in total. The van der Waals surface area contributed by atoms with Gasteiger partial charge in [-0.1, -0.05) is 12.1 Å². The minimum absolute atomic E-state index is 0.140. The molecule has 3 atom stereocenters. The Hall–Kier alpha value is -1.77. The van der Waals surface area contributed by atoms with Crippen molar-refractivity contribution in [3.63, 3.8) is 0 Å². The fraction of sp³-hybridized carbons (Fsp3) is 0.611. The van der Waals surface area contributed by atoms with Crippen LogP contribution in [0.5, 0.6) is 5.75 Å². The Morgan fingerprint density at radius 2 is 2.04 bits per heavy atom. The lowest BCUT2D eigenvalue weighted by molar-refractivity contribution is -0.154. The van der Waals surface area contributed by atoms with E-state index in [2.05, 4.69) is 10.6 Å². The number of rotatable bonds is 7. The second kappa shape index (κ2) is 7.85. The van der Waals surface area contributed by atoms with E-state index in [-0.39, 0.29) is 31.5 Å². The molecule has 3 rings (SSSR count). The van der Waals surface area contributed by atoms with Crippen LogP contribution in [-0.4, -0.2) is 61.5 Å². The highest BCUT2D eigenvalue weighted by Gasteiger charge is 2.45. The number of carbonyl (C=O) groups excluding carboxylic acids is 1. The van der Waals surface area contributed by atoms with Crippen molar-refractivity contribution in [3.05, 3.63) is 29.8 Å². The van der Waals surface area contributed by atoms with Gasteiger partial charge in [-0.25, -0.2) is 8.78 Å². The van der Waals surface area contributed by atoms with Gasteiger partial charge in [0, 0.05) is 25.4 Å². The summed E-state index contributed by atoms with van der Waals surface area (Å²) >= 11 is 0. The summed E-state index contributed by atoms with van der Waals surface area (Å²) in [5, 5.41) is 16.0. The molecular formula is C18H24F2N2O4. The predicted molar refractivity (Wildman–Crippen MR) is 90.3 cm³/mol.